The molecule has 0 saturated carbocycles. The topological polar surface area (TPSA) is 29.5 Å². The largest absolute Gasteiger partial charge is 0.493 e. The van der Waals surface area contributed by atoms with Crippen molar-refractivity contribution in [2.75, 3.05) is 6.61 Å². The molecule has 2 nitrogen and oxygen atoms in total. The molecule has 0 bridgehead atoms. The van der Waals surface area contributed by atoms with E-state index in [4.69, 9.17) is 4.74 Å². The fourth-order valence-electron chi connectivity index (χ4n) is 2.80. The minimum Gasteiger partial charge on any atom is -0.493 e. The Morgan fingerprint density at radius 3 is 2.75 bits per heavy atom. The van der Waals surface area contributed by atoms with E-state index in [0.717, 1.165) is 43.6 Å². The molecule has 2 aromatic carbocycles. The molecule has 2 heteroatoms. The highest BCUT2D eigenvalue weighted by molar-refractivity contribution is 5.45. The molecule has 0 amide bonds. The zero-order valence-corrected chi connectivity index (χ0v) is 11.6. The van der Waals surface area contributed by atoms with E-state index in [1.54, 1.807) is 0 Å². The maximum Gasteiger partial charge on any atom is 0.128 e. The third kappa shape index (κ3) is 2.86. The monoisotopic (exact) mass is 268 g/mol. The maximum absolute atomic E-state index is 10.4. The quantitative estimate of drug-likeness (QED) is 0.896. The van der Waals surface area contributed by atoms with E-state index in [1.165, 1.54) is 11.1 Å². The Labute approximate surface area is 120 Å². The fraction of sp³-hybridized carbons (Fsp3) is 0.333. The third-order valence-corrected chi connectivity index (χ3v) is 3.89. The summed E-state index contributed by atoms with van der Waals surface area (Å²) in [6, 6.07) is 16.5. The number of hydrogen-bond donors (Lipinski definition) is 1. The van der Waals surface area contributed by atoms with E-state index in [1.807, 2.05) is 18.2 Å². The van der Waals surface area contributed by atoms with Crippen molar-refractivity contribution in [2.24, 2.45) is 0 Å². The summed E-state index contributed by atoms with van der Waals surface area (Å²) in [6.45, 7) is 0.739. The Morgan fingerprint density at radius 1 is 1.05 bits per heavy atom. The van der Waals surface area contributed by atoms with E-state index in [2.05, 4.69) is 30.3 Å². The van der Waals surface area contributed by atoms with Crippen molar-refractivity contribution < 1.29 is 9.84 Å². The number of para-hydroxylation sites is 1. The van der Waals surface area contributed by atoms with Crippen LogP contribution >= 0.6 is 0 Å². The van der Waals surface area contributed by atoms with Gasteiger partial charge in [-0.3, -0.25) is 0 Å². The molecule has 104 valence electrons. The molecule has 1 N–H and O–H groups in total. The van der Waals surface area contributed by atoms with Crippen LogP contribution in [0.15, 0.2) is 48.5 Å². The van der Waals surface area contributed by atoms with Crippen molar-refractivity contribution in [1.29, 1.82) is 0 Å². The second kappa shape index (κ2) is 6.10. The van der Waals surface area contributed by atoms with Crippen LogP contribution < -0.4 is 4.74 Å². The molecule has 0 radical (unpaired) electrons. The van der Waals surface area contributed by atoms with Crippen LogP contribution in [0.25, 0.3) is 0 Å². The van der Waals surface area contributed by atoms with Gasteiger partial charge < -0.3 is 9.84 Å². The summed E-state index contributed by atoms with van der Waals surface area (Å²) in [6.07, 6.45) is 3.30. The van der Waals surface area contributed by atoms with Crippen LogP contribution in [0.5, 0.6) is 5.75 Å². The van der Waals surface area contributed by atoms with Gasteiger partial charge in [-0.05, 0) is 30.4 Å². The number of hydrogen-bond acceptors (Lipinski definition) is 2. The second-order valence-electron chi connectivity index (χ2n) is 5.33. The highest BCUT2D eigenvalue weighted by Gasteiger charge is 2.20. The summed E-state index contributed by atoms with van der Waals surface area (Å²) in [4.78, 5) is 0. The van der Waals surface area contributed by atoms with E-state index >= 15 is 0 Å². The average molecular weight is 268 g/mol. The van der Waals surface area contributed by atoms with Gasteiger partial charge in [0.1, 0.15) is 5.75 Å². The van der Waals surface area contributed by atoms with Gasteiger partial charge in [-0.2, -0.15) is 0 Å². The van der Waals surface area contributed by atoms with Gasteiger partial charge >= 0.3 is 0 Å². The zero-order chi connectivity index (χ0) is 13.8. The number of fused-ring (bicyclic) bond motifs is 1. The van der Waals surface area contributed by atoms with E-state index in [0.29, 0.717) is 0 Å². The molecular formula is C18H20O2. The molecule has 2 aromatic rings. The van der Waals surface area contributed by atoms with E-state index < -0.39 is 6.10 Å². The van der Waals surface area contributed by atoms with Crippen molar-refractivity contribution in [3.05, 3.63) is 65.2 Å². The van der Waals surface area contributed by atoms with Gasteiger partial charge in [0.25, 0.3) is 0 Å². The normalized spacial score (nSPS) is 14.7. The number of rotatable bonds is 5. The number of benzene rings is 2. The van der Waals surface area contributed by atoms with Crippen LogP contribution in [0.2, 0.25) is 0 Å². The van der Waals surface area contributed by atoms with Crippen molar-refractivity contribution in [2.45, 2.75) is 31.8 Å². The molecule has 1 atom stereocenters. The number of aliphatic hydroxyl groups excluding tert-OH is 1. The summed E-state index contributed by atoms with van der Waals surface area (Å²) in [5.41, 5.74) is 3.51. The Kier molecular flexibility index (Phi) is 4.03. The van der Waals surface area contributed by atoms with Crippen LogP contribution in [0.4, 0.5) is 0 Å². The Bertz CT molecular complexity index is 563. The first-order valence-electron chi connectivity index (χ1n) is 7.31. The van der Waals surface area contributed by atoms with Crippen LogP contribution in [0.1, 0.15) is 35.6 Å². The highest BCUT2D eigenvalue weighted by atomic mass is 16.5. The number of aliphatic hydroxyl groups is 1. The molecule has 0 fully saturated rings. The predicted molar refractivity (Wildman–Crippen MR) is 80.0 cm³/mol. The summed E-state index contributed by atoms with van der Waals surface area (Å²) in [5.74, 6) is 0.916. The lowest BCUT2D eigenvalue weighted by Gasteiger charge is -2.14. The van der Waals surface area contributed by atoms with Gasteiger partial charge in [0.05, 0.1) is 12.7 Å². The smallest absolute Gasteiger partial charge is 0.128 e. The SMILES string of the molecule is OC(CCCc1ccccc1)c1cccc2c1OCC2. The minimum absolute atomic E-state index is 0.424. The molecule has 0 saturated heterocycles. The number of ether oxygens (including phenoxy) is 1. The lowest BCUT2D eigenvalue weighted by molar-refractivity contribution is 0.160. The summed E-state index contributed by atoms with van der Waals surface area (Å²) in [7, 11) is 0. The zero-order valence-electron chi connectivity index (χ0n) is 11.6. The van der Waals surface area contributed by atoms with Crippen molar-refractivity contribution in [1.82, 2.24) is 0 Å². The van der Waals surface area contributed by atoms with Gasteiger partial charge in [-0.25, -0.2) is 0 Å². The van der Waals surface area contributed by atoms with E-state index in [9.17, 15) is 5.11 Å². The van der Waals surface area contributed by atoms with Gasteiger partial charge in [0.15, 0.2) is 0 Å². The molecule has 1 unspecified atom stereocenters. The summed E-state index contributed by atoms with van der Waals surface area (Å²) >= 11 is 0. The van der Waals surface area contributed by atoms with Crippen LogP contribution in [-0.4, -0.2) is 11.7 Å². The first kappa shape index (κ1) is 13.2. The Morgan fingerprint density at radius 2 is 1.90 bits per heavy atom. The van der Waals surface area contributed by atoms with Gasteiger partial charge in [0, 0.05) is 12.0 Å². The molecular weight excluding hydrogens is 248 g/mol. The Balaban J connectivity index is 1.60. The molecule has 3 rings (SSSR count). The lowest BCUT2D eigenvalue weighted by Crippen LogP contribution is -2.01. The second-order valence-corrected chi connectivity index (χ2v) is 5.33. The first-order valence-corrected chi connectivity index (χ1v) is 7.31. The average Bonchev–Trinajstić information content (AvgIpc) is 2.96. The molecule has 0 aliphatic carbocycles. The van der Waals surface area contributed by atoms with Gasteiger partial charge in [-0.15, -0.1) is 0 Å². The summed E-state index contributed by atoms with van der Waals surface area (Å²) in [5, 5.41) is 10.4. The van der Waals surface area contributed by atoms with Crippen LogP contribution in [-0.2, 0) is 12.8 Å². The van der Waals surface area contributed by atoms with Gasteiger partial charge in [-0.1, -0.05) is 48.5 Å². The van der Waals surface area contributed by atoms with Crippen LogP contribution in [0, 0.1) is 0 Å². The molecule has 20 heavy (non-hydrogen) atoms. The fourth-order valence-corrected chi connectivity index (χ4v) is 2.80. The minimum atomic E-state index is -0.424. The Hall–Kier alpha value is -1.80. The predicted octanol–water partition coefficient (Wildman–Crippen LogP) is 3.68. The lowest BCUT2D eigenvalue weighted by atomic mass is 9.98. The standard InChI is InChI=1S/C18H20O2/c19-17(11-4-8-14-6-2-1-3-7-14)16-10-5-9-15-12-13-20-18(15)16/h1-3,5-7,9-10,17,19H,4,8,11-13H2. The molecule has 0 spiro atoms. The van der Waals surface area contributed by atoms with Crippen LogP contribution in [0.3, 0.4) is 0 Å². The number of aryl methyl sites for hydroxylation is 1. The molecule has 1 heterocycles. The van der Waals surface area contributed by atoms with Crippen molar-refractivity contribution >= 4 is 0 Å². The molecule has 1 aliphatic heterocycles. The molecule has 1 aliphatic rings. The van der Waals surface area contributed by atoms with E-state index in [-0.39, 0.29) is 0 Å². The van der Waals surface area contributed by atoms with Crippen molar-refractivity contribution in [3.63, 3.8) is 0 Å². The van der Waals surface area contributed by atoms with Crippen molar-refractivity contribution in [3.8, 4) is 5.75 Å². The third-order valence-electron chi connectivity index (χ3n) is 3.89. The first-order chi connectivity index (χ1) is 9.84. The van der Waals surface area contributed by atoms with Gasteiger partial charge in [0.2, 0.25) is 0 Å². The maximum atomic E-state index is 10.4. The summed E-state index contributed by atoms with van der Waals surface area (Å²) < 4.78 is 5.66. The highest BCUT2D eigenvalue weighted by Crippen LogP contribution is 2.35. The molecule has 0 aromatic heterocycles.